The molecule has 0 aliphatic heterocycles. The molecule has 0 saturated heterocycles. The maximum atomic E-state index is 9.36. The quantitative estimate of drug-likeness (QED) is 0.851. The molecule has 18 heavy (non-hydrogen) atoms. The van der Waals surface area contributed by atoms with Gasteiger partial charge in [-0.2, -0.15) is 0 Å². The van der Waals surface area contributed by atoms with Gasteiger partial charge in [0.1, 0.15) is 5.76 Å². The Morgan fingerprint density at radius 3 is 2.50 bits per heavy atom. The van der Waals surface area contributed by atoms with Gasteiger partial charge in [-0.15, -0.1) is 0 Å². The average molecular weight is 245 g/mol. The Labute approximate surface area is 107 Å². The smallest absolute Gasteiger partial charge is 0.123 e. The highest BCUT2D eigenvalue weighted by atomic mass is 16.3. The highest BCUT2D eigenvalue weighted by molar-refractivity contribution is 5.28. The SMILES string of the molecule is Cc1cc(C)cc(CNC(CO)c2ccco2)c1. The van der Waals surface area contributed by atoms with Crippen molar-refractivity contribution in [2.45, 2.75) is 26.4 Å². The Bertz CT molecular complexity index is 471. The molecular weight excluding hydrogens is 226 g/mol. The lowest BCUT2D eigenvalue weighted by molar-refractivity contribution is 0.225. The number of rotatable bonds is 5. The van der Waals surface area contributed by atoms with Crippen LogP contribution in [0.15, 0.2) is 41.0 Å². The van der Waals surface area contributed by atoms with Crippen molar-refractivity contribution >= 4 is 0 Å². The number of aliphatic hydroxyl groups excluding tert-OH is 1. The number of benzene rings is 1. The third-order valence-electron chi connectivity index (χ3n) is 2.90. The van der Waals surface area contributed by atoms with Crippen LogP contribution in [-0.2, 0) is 6.54 Å². The number of aryl methyl sites for hydroxylation is 2. The van der Waals surface area contributed by atoms with Gasteiger partial charge >= 0.3 is 0 Å². The van der Waals surface area contributed by atoms with E-state index in [1.165, 1.54) is 16.7 Å². The number of furan rings is 1. The van der Waals surface area contributed by atoms with E-state index in [0.717, 1.165) is 5.76 Å². The lowest BCUT2D eigenvalue weighted by Crippen LogP contribution is -2.23. The van der Waals surface area contributed by atoms with Crippen LogP contribution in [0.4, 0.5) is 0 Å². The van der Waals surface area contributed by atoms with Crippen LogP contribution in [0, 0.1) is 13.8 Å². The van der Waals surface area contributed by atoms with E-state index < -0.39 is 0 Å². The van der Waals surface area contributed by atoms with Gasteiger partial charge in [0, 0.05) is 6.54 Å². The fourth-order valence-corrected chi connectivity index (χ4v) is 2.16. The molecular formula is C15H19NO2. The van der Waals surface area contributed by atoms with Crippen LogP contribution in [0.5, 0.6) is 0 Å². The second kappa shape index (κ2) is 5.85. The standard InChI is InChI=1S/C15H19NO2/c1-11-6-12(2)8-13(7-11)9-16-14(10-17)15-4-3-5-18-15/h3-8,14,16-17H,9-10H2,1-2H3. The van der Waals surface area contributed by atoms with Gasteiger partial charge in [-0.05, 0) is 31.5 Å². The molecule has 1 atom stereocenters. The Kier molecular flexibility index (Phi) is 4.18. The summed E-state index contributed by atoms with van der Waals surface area (Å²) >= 11 is 0. The maximum absolute atomic E-state index is 9.36. The summed E-state index contributed by atoms with van der Waals surface area (Å²) in [7, 11) is 0. The predicted molar refractivity (Wildman–Crippen MR) is 71.3 cm³/mol. The first-order valence-corrected chi connectivity index (χ1v) is 6.14. The monoisotopic (exact) mass is 245 g/mol. The van der Waals surface area contributed by atoms with Crippen LogP contribution >= 0.6 is 0 Å². The summed E-state index contributed by atoms with van der Waals surface area (Å²) in [6.45, 7) is 4.92. The Morgan fingerprint density at radius 2 is 1.94 bits per heavy atom. The van der Waals surface area contributed by atoms with Crippen LogP contribution in [0.25, 0.3) is 0 Å². The minimum Gasteiger partial charge on any atom is -0.468 e. The maximum Gasteiger partial charge on any atom is 0.123 e. The highest BCUT2D eigenvalue weighted by Gasteiger charge is 2.12. The highest BCUT2D eigenvalue weighted by Crippen LogP contribution is 2.14. The van der Waals surface area contributed by atoms with E-state index in [4.69, 9.17) is 4.42 Å². The fraction of sp³-hybridized carbons (Fsp3) is 0.333. The molecule has 2 N–H and O–H groups in total. The van der Waals surface area contributed by atoms with Gasteiger partial charge in [0.2, 0.25) is 0 Å². The zero-order valence-electron chi connectivity index (χ0n) is 10.8. The summed E-state index contributed by atoms with van der Waals surface area (Å²) in [5.41, 5.74) is 3.73. The molecule has 0 aliphatic carbocycles. The second-order valence-electron chi connectivity index (χ2n) is 4.63. The molecule has 1 heterocycles. The molecule has 3 heteroatoms. The Balaban J connectivity index is 2.01. The summed E-state index contributed by atoms with van der Waals surface area (Å²) in [6.07, 6.45) is 1.62. The van der Waals surface area contributed by atoms with Crippen LogP contribution in [0.1, 0.15) is 28.5 Å². The van der Waals surface area contributed by atoms with Crippen LogP contribution in [0.3, 0.4) is 0 Å². The van der Waals surface area contributed by atoms with Crippen LogP contribution in [-0.4, -0.2) is 11.7 Å². The summed E-state index contributed by atoms with van der Waals surface area (Å²) in [5, 5.41) is 12.7. The third-order valence-corrected chi connectivity index (χ3v) is 2.90. The van der Waals surface area contributed by atoms with E-state index >= 15 is 0 Å². The van der Waals surface area contributed by atoms with Crippen molar-refractivity contribution in [2.24, 2.45) is 0 Å². The van der Waals surface area contributed by atoms with E-state index in [1.54, 1.807) is 6.26 Å². The molecule has 1 aromatic carbocycles. The normalized spacial score (nSPS) is 12.6. The molecule has 0 amide bonds. The zero-order chi connectivity index (χ0) is 13.0. The first-order valence-electron chi connectivity index (χ1n) is 6.14. The van der Waals surface area contributed by atoms with Gasteiger partial charge in [0.05, 0.1) is 18.9 Å². The lowest BCUT2D eigenvalue weighted by atomic mass is 10.1. The summed E-state index contributed by atoms with van der Waals surface area (Å²) in [6, 6.07) is 10.00. The van der Waals surface area contributed by atoms with Crippen molar-refractivity contribution in [3.05, 3.63) is 59.0 Å². The van der Waals surface area contributed by atoms with Crippen molar-refractivity contribution in [1.82, 2.24) is 5.32 Å². The first-order chi connectivity index (χ1) is 8.69. The molecule has 0 fully saturated rings. The lowest BCUT2D eigenvalue weighted by Gasteiger charge is -2.14. The third kappa shape index (κ3) is 3.22. The molecule has 2 aromatic rings. The van der Waals surface area contributed by atoms with Gasteiger partial charge in [-0.25, -0.2) is 0 Å². The molecule has 3 nitrogen and oxygen atoms in total. The summed E-state index contributed by atoms with van der Waals surface area (Å²) < 4.78 is 5.30. The van der Waals surface area contributed by atoms with Crippen LogP contribution < -0.4 is 5.32 Å². The fourth-order valence-electron chi connectivity index (χ4n) is 2.16. The number of hydrogen-bond donors (Lipinski definition) is 2. The van der Waals surface area contributed by atoms with Crippen molar-refractivity contribution in [3.8, 4) is 0 Å². The minimum absolute atomic E-state index is 0.0261. The molecule has 96 valence electrons. The molecule has 0 bridgehead atoms. The molecule has 1 aromatic heterocycles. The Morgan fingerprint density at radius 1 is 1.22 bits per heavy atom. The second-order valence-corrected chi connectivity index (χ2v) is 4.63. The molecule has 0 radical (unpaired) electrons. The van der Waals surface area contributed by atoms with Crippen molar-refractivity contribution in [1.29, 1.82) is 0 Å². The first kappa shape index (κ1) is 12.9. The van der Waals surface area contributed by atoms with Crippen molar-refractivity contribution in [2.75, 3.05) is 6.61 Å². The molecule has 0 spiro atoms. The Hall–Kier alpha value is -1.58. The topological polar surface area (TPSA) is 45.4 Å². The number of aliphatic hydroxyl groups is 1. The molecule has 1 unspecified atom stereocenters. The predicted octanol–water partition coefficient (Wildman–Crippen LogP) is 2.72. The van der Waals surface area contributed by atoms with Gasteiger partial charge in [-0.3, -0.25) is 0 Å². The van der Waals surface area contributed by atoms with Gasteiger partial charge < -0.3 is 14.8 Å². The molecule has 2 rings (SSSR count). The largest absolute Gasteiger partial charge is 0.468 e. The average Bonchev–Trinajstić information content (AvgIpc) is 2.82. The minimum atomic E-state index is -0.152. The van der Waals surface area contributed by atoms with Crippen molar-refractivity contribution < 1.29 is 9.52 Å². The summed E-state index contributed by atoms with van der Waals surface area (Å²) in [4.78, 5) is 0. The number of nitrogens with one attached hydrogen (secondary N) is 1. The van der Waals surface area contributed by atoms with E-state index in [1.807, 2.05) is 12.1 Å². The summed E-state index contributed by atoms with van der Waals surface area (Å²) in [5.74, 6) is 0.766. The molecule has 0 saturated carbocycles. The van der Waals surface area contributed by atoms with Gasteiger partial charge in [0.25, 0.3) is 0 Å². The van der Waals surface area contributed by atoms with E-state index in [9.17, 15) is 5.11 Å². The van der Waals surface area contributed by atoms with Crippen molar-refractivity contribution in [3.63, 3.8) is 0 Å². The zero-order valence-corrected chi connectivity index (χ0v) is 10.8. The van der Waals surface area contributed by atoms with Crippen LogP contribution in [0.2, 0.25) is 0 Å². The molecule has 0 aliphatic rings. The van der Waals surface area contributed by atoms with E-state index in [2.05, 4.69) is 37.4 Å². The number of hydrogen-bond acceptors (Lipinski definition) is 3. The van der Waals surface area contributed by atoms with Gasteiger partial charge in [-0.1, -0.05) is 29.3 Å². The van der Waals surface area contributed by atoms with E-state index in [0.29, 0.717) is 6.54 Å². The van der Waals surface area contributed by atoms with Gasteiger partial charge in [0.15, 0.2) is 0 Å². The van der Waals surface area contributed by atoms with E-state index in [-0.39, 0.29) is 12.6 Å².